The van der Waals surface area contributed by atoms with Gasteiger partial charge in [-0.2, -0.15) is 26.1 Å². The van der Waals surface area contributed by atoms with E-state index in [1.807, 2.05) is 18.2 Å². The lowest BCUT2D eigenvalue weighted by molar-refractivity contribution is 0.619. The molecule has 0 fully saturated rings. The highest BCUT2D eigenvalue weighted by molar-refractivity contribution is 7.22. The van der Waals surface area contributed by atoms with E-state index in [0.29, 0.717) is 48.4 Å². The maximum atomic E-state index is 14.4. The fourth-order valence-corrected chi connectivity index (χ4v) is 9.95. The van der Waals surface area contributed by atoms with Crippen LogP contribution in [-0.2, 0) is 20.1 Å². The van der Waals surface area contributed by atoms with Gasteiger partial charge in [-0.1, -0.05) is 0 Å². The van der Waals surface area contributed by atoms with Crippen LogP contribution in [-0.4, -0.2) is 52.5 Å². The lowest BCUT2D eigenvalue weighted by Gasteiger charge is -2.15. The van der Waals surface area contributed by atoms with Crippen LogP contribution in [0, 0.1) is 63.9 Å². The number of aryl methyl sites for hydroxylation is 4. The molecule has 0 saturated carbocycles. The van der Waals surface area contributed by atoms with Gasteiger partial charge in [0.1, 0.15) is 21.0 Å². The molecular formula is C48H36F2N14O4S2. The summed E-state index contributed by atoms with van der Waals surface area (Å²) < 4.78 is 34.7. The van der Waals surface area contributed by atoms with Gasteiger partial charge < -0.3 is 5.73 Å². The molecule has 0 amide bonds. The zero-order valence-electron chi connectivity index (χ0n) is 37.6. The predicted molar refractivity (Wildman–Crippen MR) is 265 cm³/mol. The van der Waals surface area contributed by atoms with Crippen molar-refractivity contribution in [1.82, 2.24) is 33.0 Å². The Morgan fingerprint density at radius 2 is 1.46 bits per heavy atom. The minimum atomic E-state index is -0.719. The molecule has 2 N–H and O–H groups in total. The van der Waals surface area contributed by atoms with E-state index in [1.54, 1.807) is 50.1 Å². The molecule has 22 heteroatoms. The standard InChI is InChI=1S/C25H22FN7O2S.C23H14FN7O2S/c1-14-8-16(12-29)17(9-18(14)26)21-10-19-23(36-21)24(34)33(25(35)32(19)7-5-6-27)20(13-30-3)22(31-4)15(2)11-28;1-29-20-14(11-28-29)10-27-12-18(20)31-22(32)21-17(30(23(31)33)6-2-5-25)8-19(34-21)16-4-3-15(24)7-13(16)9-26/h8-11,13H,3,5,7,28H2,1-2,4H3;3-4,7-8,10-12H,2,6H2,1H3/b15-11-,20-13+,31-22?;. The number of halogens is 2. The summed E-state index contributed by atoms with van der Waals surface area (Å²) in [6.07, 6.45) is 7.17. The number of aliphatic imine (C=N–C) groups is 2. The number of fused-ring (bicyclic) bond motifs is 3. The molecule has 348 valence electrons. The van der Waals surface area contributed by atoms with Gasteiger partial charge in [0.15, 0.2) is 0 Å². The largest absolute Gasteiger partial charge is 0.404 e. The van der Waals surface area contributed by atoms with E-state index in [9.17, 15) is 38.5 Å². The lowest BCUT2D eigenvalue weighted by atomic mass is 10.0. The van der Waals surface area contributed by atoms with Gasteiger partial charge in [0, 0.05) is 59.6 Å². The number of nitriles is 4. The Kier molecular flexibility index (Phi) is 14.1. The van der Waals surface area contributed by atoms with Gasteiger partial charge >= 0.3 is 11.4 Å². The first-order chi connectivity index (χ1) is 33.7. The fraction of sp³-hybridized carbons (Fsp3) is 0.167. The number of hydrogen-bond acceptors (Lipinski definition) is 15. The summed E-state index contributed by atoms with van der Waals surface area (Å²) in [6, 6.07) is 17.7. The van der Waals surface area contributed by atoms with Crippen molar-refractivity contribution in [2.45, 2.75) is 39.8 Å². The molecule has 0 saturated heterocycles. The smallest absolute Gasteiger partial charge is 0.336 e. The molecule has 0 aliphatic rings. The van der Waals surface area contributed by atoms with Gasteiger partial charge in [-0.15, -0.1) is 22.7 Å². The van der Waals surface area contributed by atoms with Crippen LogP contribution in [0.25, 0.3) is 63.6 Å². The summed E-state index contributed by atoms with van der Waals surface area (Å²) in [5.41, 5.74) is 6.76. The molecular weight excluding hydrogens is 939 g/mol. The summed E-state index contributed by atoms with van der Waals surface area (Å²) in [6.45, 7) is 6.71. The quantitative estimate of drug-likeness (QED) is 0.134. The molecule has 6 heterocycles. The van der Waals surface area contributed by atoms with Gasteiger partial charge in [0.25, 0.3) is 11.1 Å². The third-order valence-corrected chi connectivity index (χ3v) is 13.3. The second kappa shape index (κ2) is 20.3. The van der Waals surface area contributed by atoms with Gasteiger partial charge in [-0.3, -0.25) is 38.4 Å². The van der Waals surface area contributed by atoms with Crippen molar-refractivity contribution < 1.29 is 8.78 Å². The number of pyridine rings is 1. The van der Waals surface area contributed by atoms with E-state index in [4.69, 9.17) is 16.3 Å². The highest BCUT2D eigenvalue weighted by Gasteiger charge is 2.25. The molecule has 0 radical (unpaired) electrons. The van der Waals surface area contributed by atoms with Crippen molar-refractivity contribution in [3.8, 4) is 50.8 Å². The second-order valence-corrected chi connectivity index (χ2v) is 17.3. The molecule has 0 spiro atoms. The summed E-state index contributed by atoms with van der Waals surface area (Å²) in [5.74, 6) is -1.05. The SMILES string of the molecule is C=N/C=C(\C(=NC)/C(C)=C\N)n1c(=O)c2sc(-c3cc(F)c(C)cc3C#N)cc2n(CCC#N)c1=O.Cn1ncc2cncc(-n3c(=O)c4sc(-c5ccc(F)cc5C#N)cc4n(CCC#N)c3=O)c21. The molecule has 0 atom stereocenters. The summed E-state index contributed by atoms with van der Waals surface area (Å²) in [5, 5.41) is 42.2. The Balaban J connectivity index is 0.000000206. The number of rotatable bonds is 11. The average Bonchev–Trinajstić information content (AvgIpc) is 4.11. The third-order valence-electron chi connectivity index (χ3n) is 11.0. The van der Waals surface area contributed by atoms with E-state index < -0.39 is 34.1 Å². The number of benzene rings is 2. The van der Waals surface area contributed by atoms with Crippen LogP contribution >= 0.6 is 22.7 Å². The van der Waals surface area contributed by atoms with Crippen molar-refractivity contribution in [3.63, 3.8) is 0 Å². The number of thiophene rings is 2. The number of nitrogens with two attached hydrogens (primary N) is 1. The minimum Gasteiger partial charge on any atom is -0.404 e. The molecule has 0 unspecified atom stereocenters. The van der Waals surface area contributed by atoms with Crippen LogP contribution in [0.4, 0.5) is 8.78 Å². The van der Waals surface area contributed by atoms with Gasteiger partial charge in [-0.25, -0.2) is 27.5 Å². The molecule has 0 bridgehead atoms. The predicted octanol–water partition coefficient (Wildman–Crippen LogP) is 6.64. The highest BCUT2D eigenvalue weighted by Crippen LogP contribution is 2.36. The van der Waals surface area contributed by atoms with E-state index >= 15 is 0 Å². The van der Waals surface area contributed by atoms with Gasteiger partial charge in [0.05, 0.1) is 100 Å². The Morgan fingerprint density at radius 3 is 2.06 bits per heavy atom. The molecule has 2 aromatic carbocycles. The molecule has 6 aromatic heterocycles. The van der Waals surface area contributed by atoms with Crippen molar-refractivity contribution in [1.29, 1.82) is 21.0 Å². The zero-order valence-corrected chi connectivity index (χ0v) is 39.2. The number of hydrogen-bond donors (Lipinski definition) is 1. The van der Waals surface area contributed by atoms with Crippen LogP contribution in [0.2, 0.25) is 0 Å². The molecule has 70 heavy (non-hydrogen) atoms. The number of nitrogens with zero attached hydrogens (tertiary/aromatic N) is 13. The molecule has 8 rings (SSSR count). The monoisotopic (exact) mass is 974 g/mol. The van der Waals surface area contributed by atoms with Gasteiger partial charge in [0.2, 0.25) is 0 Å². The highest BCUT2D eigenvalue weighted by atomic mass is 32.1. The maximum Gasteiger partial charge on any atom is 0.336 e. The van der Waals surface area contributed by atoms with E-state index in [2.05, 4.69) is 32.9 Å². The zero-order chi connectivity index (χ0) is 50.6. The second-order valence-electron chi connectivity index (χ2n) is 15.2. The van der Waals surface area contributed by atoms with Crippen molar-refractivity contribution >= 4 is 72.1 Å². The summed E-state index contributed by atoms with van der Waals surface area (Å²) >= 11 is 2.11. The fourth-order valence-electron chi connectivity index (χ4n) is 7.70. The Morgan fingerprint density at radius 1 is 0.843 bits per heavy atom. The Bertz CT molecular complexity index is 4000. The van der Waals surface area contributed by atoms with Crippen molar-refractivity contribution in [2.24, 2.45) is 22.8 Å². The van der Waals surface area contributed by atoms with Crippen LogP contribution in [0.3, 0.4) is 0 Å². The first kappa shape index (κ1) is 48.7. The van der Waals surface area contributed by atoms with Crippen molar-refractivity contribution in [3.05, 3.63) is 149 Å². The Labute approximate surface area is 402 Å². The summed E-state index contributed by atoms with van der Waals surface area (Å²) in [7, 11) is 3.18. The minimum absolute atomic E-state index is 0.00376. The van der Waals surface area contributed by atoms with Crippen LogP contribution in [0.15, 0.2) is 108 Å². The average molecular weight is 975 g/mol. The van der Waals surface area contributed by atoms with Crippen LogP contribution < -0.4 is 28.2 Å². The molecule has 0 aliphatic heterocycles. The normalized spacial score (nSPS) is 11.8. The third kappa shape index (κ3) is 8.75. The maximum absolute atomic E-state index is 14.4. The first-order valence-corrected chi connectivity index (χ1v) is 22.3. The van der Waals surface area contributed by atoms with Crippen LogP contribution in [0.5, 0.6) is 0 Å². The molecule has 8 aromatic rings. The van der Waals surface area contributed by atoms with Gasteiger partial charge in [-0.05, 0) is 80.4 Å². The van der Waals surface area contributed by atoms with E-state index in [0.717, 1.165) is 37.9 Å². The number of aromatic nitrogens is 7. The number of allylic oxidation sites excluding steroid dienone is 2. The molecule has 18 nitrogen and oxygen atoms in total. The molecule has 0 aliphatic carbocycles. The van der Waals surface area contributed by atoms with Crippen molar-refractivity contribution in [2.75, 3.05) is 7.05 Å². The first-order valence-electron chi connectivity index (χ1n) is 20.7. The van der Waals surface area contributed by atoms with E-state index in [1.165, 1.54) is 59.0 Å². The van der Waals surface area contributed by atoms with E-state index in [-0.39, 0.29) is 69.1 Å². The lowest BCUT2D eigenvalue weighted by Crippen LogP contribution is -2.40. The Hall–Kier alpha value is -9.22. The van der Waals surface area contributed by atoms with Crippen LogP contribution in [0.1, 0.15) is 36.5 Å². The topological polar surface area (TPSA) is 265 Å². The summed E-state index contributed by atoms with van der Waals surface area (Å²) in [4.78, 5) is 67.5.